The number of piperazine rings is 1. The molecule has 1 N–H and O–H groups in total. The van der Waals surface area contributed by atoms with E-state index in [2.05, 4.69) is 10.3 Å². The third kappa shape index (κ3) is 6.19. The number of carbonyl (C=O) groups is 2. The summed E-state index contributed by atoms with van der Waals surface area (Å²) < 4.78 is 40.1. The lowest BCUT2D eigenvalue weighted by Gasteiger charge is -2.39. The largest absolute Gasteiger partial charge is 0.328 e. The number of hydrogen-bond donors (Lipinski definition) is 1. The van der Waals surface area contributed by atoms with Crippen LogP contribution in [-0.2, 0) is 25.4 Å². The molecule has 0 spiro atoms. The van der Waals surface area contributed by atoms with E-state index in [1.54, 1.807) is 11.6 Å². The molecule has 2 aliphatic rings. The molecule has 1 saturated carbocycles. The van der Waals surface area contributed by atoms with Crippen molar-refractivity contribution in [2.45, 2.75) is 50.3 Å². The summed E-state index contributed by atoms with van der Waals surface area (Å²) in [6.45, 7) is -0.0552. The second-order valence-electron chi connectivity index (χ2n) is 8.89. The van der Waals surface area contributed by atoms with Gasteiger partial charge in [0.2, 0.25) is 21.8 Å². The van der Waals surface area contributed by atoms with Crippen LogP contribution in [0.4, 0.5) is 9.52 Å². The molecule has 0 unspecified atom stereocenters. The Bertz CT molecular complexity index is 1090. The van der Waals surface area contributed by atoms with Crippen molar-refractivity contribution < 1.29 is 22.4 Å². The molecule has 2 fully saturated rings. The second kappa shape index (κ2) is 10.9. The van der Waals surface area contributed by atoms with Gasteiger partial charge in [-0.05, 0) is 30.0 Å². The Labute approximate surface area is 203 Å². The summed E-state index contributed by atoms with van der Waals surface area (Å²) >= 11 is 1.31. The molecule has 1 aliphatic heterocycles. The van der Waals surface area contributed by atoms with Crippen molar-refractivity contribution in [1.82, 2.24) is 14.2 Å². The number of nitrogens with one attached hydrogen (secondary N) is 1. The van der Waals surface area contributed by atoms with Gasteiger partial charge in [0.1, 0.15) is 11.9 Å². The minimum Gasteiger partial charge on any atom is -0.328 e. The summed E-state index contributed by atoms with van der Waals surface area (Å²) in [4.78, 5) is 31.9. The highest BCUT2D eigenvalue weighted by molar-refractivity contribution is 7.88. The number of benzene rings is 1. The first-order chi connectivity index (χ1) is 16.3. The summed E-state index contributed by atoms with van der Waals surface area (Å²) in [5.74, 6) is -1.06. The Morgan fingerprint density at radius 3 is 2.56 bits per heavy atom. The van der Waals surface area contributed by atoms with Gasteiger partial charge in [-0.15, -0.1) is 11.3 Å². The standard InChI is InChI=1S/C23H29FN4O4S2/c24-19-8-6-18(7-9-19)16-34(31,32)27-11-12-28(21(29)15-27)20(14-17-4-2-1-3-5-17)22(30)26-23-25-10-13-33-23/h6-10,13,17,20H,1-5,11-12,14-16H2,(H,25,26,30)/t20-/m0/s1. The van der Waals surface area contributed by atoms with Gasteiger partial charge in [-0.25, -0.2) is 17.8 Å². The molecule has 2 heterocycles. The van der Waals surface area contributed by atoms with E-state index >= 15 is 0 Å². The maximum absolute atomic E-state index is 13.2. The average Bonchev–Trinajstić information content (AvgIpc) is 3.33. The minimum absolute atomic E-state index is 0.112. The number of nitrogens with zero attached hydrogens (tertiary/aromatic N) is 3. The summed E-state index contributed by atoms with van der Waals surface area (Å²) in [5, 5.41) is 5.06. The van der Waals surface area contributed by atoms with E-state index in [9.17, 15) is 22.4 Å². The molecule has 1 aliphatic carbocycles. The molecule has 1 aromatic heterocycles. The van der Waals surface area contributed by atoms with Crippen LogP contribution >= 0.6 is 11.3 Å². The topological polar surface area (TPSA) is 99.7 Å². The monoisotopic (exact) mass is 508 g/mol. The van der Waals surface area contributed by atoms with Crippen LogP contribution < -0.4 is 5.32 Å². The van der Waals surface area contributed by atoms with Crippen molar-refractivity contribution in [3.63, 3.8) is 0 Å². The van der Waals surface area contributed by atoms with Crippen molar-refractivity contribution >= 4 is 38.3 Å². The maximum Gasteiger partial charge on any atom is 0.248 e. The van der Waals surface area contributed by atoms with Gasteiger partial charge < -0.3 is 10.2 Å². The summed E-state index contributed by atoms with van der Waals surface area (Å²) in [6, 6.07) is 4.61. The molecule has 11 heteroatoms. The zero-order chi connectivity index (χ0) is 24.1. The number of amides is 2. The van der Waals surface area contributed by atoms with Crippen LogP contribution in [0.2, 0.25) is 0 Å². The fourth-order valence-electron chi connectivity index (χ4n) is 4.70. The molecular weight excluding hydrogens is 479 g/mol. The molecule has 2 amide bonds. The molecule has 0 bridgehead atoms. The molecule has 184 valence electrons. The van der Waals surface area contributed by atoms with E-state index in [0.717, 1.165) is 30.0 Å². The van der Waals surface area contributed by atoms with Crippen LogP contribution in [-0.4, -0.2) is 60.1 Å². The van der Waals surface area contributed by atoms with Gasteiger partial charge in [-0.3, -0.25) is 9.59 Å². The zero-order valence-corrected chi connectivity index (χ0v) is 20.5. The normalized spacial score (nSPS) is 19.2. The molecule has 8 nitrogen and oxygen atoms in total. The lowest BCUT2D eigenvalue weighted by atomic mass is 9.84. The molecule has 34 heavy (non-hydrogen) atoms. The van der Waals surface area contributed by atoms with E-state index in [1.165, 1.54) is 46.9 Å². The number of halogens is 1. The van der Waals surface area contributed by atoms with Crippen LogP contribution in [0.1, 0.15) is 44.1 Å². The fourth-order valence-corrected chi connectivity index (χ4v) is 6.70. The van der Waals surface area contributed by atoms with E-state index in [1.807, 2.05) is 0 Å². The predicted octanol–water partition coefficient (Wildman–Crippen LogP) is 3.23. The van der Waals surface area contributed by atoms with Gasteiger partial charge in [0.15, 0.2) is 5.13 Å². The molecule has 1 saturated heterocycles. The molecule has 0 radical (unpaired) electrons. The van der Waals surface area contributed by atoms with Crippen molar-refractivity contribution in [2.24, 2.45) is 5.92 Å². The molecular formula is C23H29FN4O4S2. The quantitative estimate of drug-likeness (QED) is 0.590. The molecule has 4 rings (SSSR count). The van der Waals surface area contributed by atoms with Crippen molar-refractivity contribution in [2.75, 3.05) is 25.0 Å². The Morgan fingerprint density at radius 2 is 1.91 bits per heavy atom. The number of sulfonamides is 1. The van der Waals surface area contributed by atoms with E-state index in [4.69, 9.17) is 0 Å². The predicted molar refractivity (Wildman–Crippen MR) is 128 cm³/mol. The van der Waals surface area contributed by atoms with Gasteiger partial charge in [0.05, 0.1) is 12.3 Å². The summed E-state index contributed by atoms with van der Waals surface area (Å²) in [6.07, 6.45) is 7.65. The number of hydrogen-bond acceptors (Lipinski definition) is 6. The Morgan fingerprint density at radius 1 is 1.18 bits per heavy atom. The number of aromatic nitrogens is 1. The van der Waals surface area contributed by atoms with Crippen LogP contribution in [0.15, 0.2) is 35.8 Å². The highest BCUT2D eigenvalue weighted by Gasteiger charge is 2.38. The Hall–Kier alpha value is -2.37. The lowest BCUT2D eigenvalue weighted by Crippen LogP contribution is -2.58. The first-order valence-electron chi connectivity index (χ1n) is 11.5. The summed E-state index contributed by atoms with van der Waals surface area (Å²) in [5.41, 5.74) is 0.453. The van der Waals surface area contributed by atoms with Crippen LogP contribution in [0.5, 0.6) is 0 Å². The number of carbonyl (C=O) groups excluding carboxylic acids is 2. The highest BCUT2D eigenvalue weighted by atomic mass is 32.2. The SMILES string of the molecule is O=C(Nc1nccs1)[C@H](CC1CCCCC1)N1CCN(S(=O)(=O)Cc2ccc(F)cc2)CC1=O. The third-order valence-electron chi connectivity index (χ3n) is 6.50. The lowest BCUT2D eigenvalue weighted by molar-refractivity contribution is -0.142. The fraction of sp³-hybridized carbons (Fsp3) is 0.522. The molecule has 1 aromatic carbocycles. The first kappa shape index (κ1) is 24.7. The van der Waals surface area contributed by atoms with Crippen LogP contribution in [0.3, 0.4) is 0 Å². The number of rotatable bonds is 8. The smallest absolute Gasteiger partial charge is 0.248 e. The highest BCUT2D eigenvalue weighted by Crippen LogP contribution is 2.30. The van der Waals surface area contributed by atoms with E-state index < -0.39 is 21.9 Å². The van der Waals surface area contributed by atoms with Crippen LogP contribution in [0, 0.1) is 11.7 Å². The van der Waals surface area contributed by atoms with Crippen molar-refractivity contribution in [3.8, 4) is 0 Å². The first-order valence-corrected chi connectivity index (χ1v) is 14.0. The summed E-state index contributed by atoms with van der Waals surface area (Å²) in [7, 11) is -3.77. The number of thiazole rings is 1. The van der Waals surface area contributed by atoms with E-state index in [-0.39, 0.29) is 37.2 Å². The minimum atomic E-state index is -3.77. The van der Waals surface area contributed by atoms with Gasteiger partial charge in [-0.2, -0.15) is 4.31 Å². The van der Waals surface area contributed by atoms with Crippen LogP contribution in [0.25, 0.3) is 0 Å². The Kier molecular flexibility index (Phi) is 7.95. The average molecular weight is 509 g/mol. The van der Waals surface area contributed by atoms with Gasteiger partial charge in [0.25, 0.3) is 0 Å². The third-order valence-corrected chi connectivity index (χ3v) is 8.99. The van der Waals surface area contributed by atoms with Gasteiger partial charge >= 0.3 is 0 Å². The molecule has 2 aromatic rings. The Balaban J connectivity index is 1.45. The zero-order valence-electron chi connectivity index (χ0n) is 18.9. The van der Waals surface area contributed by atoms with Crippen molar-refractivity contribution in [3.05, 3.63) is 47.2 Å². The molecule has 1 atom stereocenters. The van der Waals surface area contributed by atoms with Gasteiger partial charge in [-0.1, -0.05) is 44.2 Å². The van der Waals surface area contributed by atoms with E-state index in [0.29, 0.717) is 23.0 Å². The second-order valence-corrected chi connectivity index (χ2v) is 11.7. The van der Waals surface area contributed by atoms with Gasteiger partial charge in [0, 0.05) is 24.7 Å². The van der Waals surface area contributed by atoms with Crippen molar-refractivity contribution in [1.29, 1.82) is 0 Å². The number of anilines is 1. The maximum atomic E-state index is 13.2.